The van der Waals surface area contributed by atoms with Crippen molar-refractivity contribution in [2.45, 2.75) is 25.0 Å². The highest BCUT2D eigenvalue weighted by atomic mass is 35.5. The van der Waals surface area contributed by atoms with E-state index < -0.39 is 20.9 Å². The average molecular weight is 334 g/mol. The third-order valence-corrected chi connectivity index (χ3v) is 6.13. The van der Waals surface area contributed by atoms with E-state index in [2.05, 4.69) is 0 Å². The van der Waals surface area contributed by atoms with Crippen molar-refractivity contribution in [2.24, 2.45) is 0 Å². The van der Waals surface area contributed by atoms with Crippen LogP contribution in [0.4, 0.5) is 4.39 Å². The van der Waals surface area contributed by atoms with Crippen LogP contribution in [0, 0.1) is 5.82 Å². The van der Waals surface area contributed by atoms with Gasteiger partial charge in [0.2, 0.25) is 5.91 Å². The molecule has 1 fully saturated rings. The molecular weight excluding hydrogens is 317 g/mol. The van der Waals surface area contributed by atoms with E-state index in [0.29, 0.717) is 6.42 Å². The summed E-state index contributed by atoms with van der Waals surface area (Å²) in [6.07, 6.45) is 0.724. The number of benzene rings is 1. The van der Waals surface area contributed by atoms with Crippen LogP contribution in [-0.2, 0) is 21.1 Å². The topological polar surface area (TPSA) is 54.5 Å². The summed E-state index contributed by atoms with van der Waals surface area (Å²) in [7, 11) is -3.06. The van der Waals surface area contributed by atoms with Crippen molar-refractivity contribution in [3.8, 4) is 0 Å². The molecule has 1 aliphatic heterocycles. The van der Waals surface area contributed by atoms with Crippen LogP contribution in [0.5, 0.6) is 0 Å². The summed E-state index contributed by atoms with van der Waals surface area (Å²) >= 11 is 5.68. The lowest BCUT2D eigenvalue weighted by Crippen LogP contribution is -2.57. The minimum Gasteiger partial charge on any atom is -0.340 e. The molecule has 1 heterocycles. The highest BCUT2D eigenvalue weighted by molar-refractivity contribution is 7.92. The summed E-state index contributed by atoms with van der Waals surface area (Å²) < 4.78 is 36.2. The van der Waals surface area contributed by atoms with Crippen LogP contribution in [0.2, 0.25) is 5.02 Å². The van der Waals surface area contributed by atoms with Crippen LogP contribution in [-0.4, -0.2) is 43.3 Å². The van der Waals surface area contributed by atoms with Crippen LogP contribution in [0.15, 0.2) is 18.2 Å². The monoisotopic (exact) mass is 333 g/mol. The van der Waals surface area contributed by atoms with E-state index >= 15 is 0 Å². The maximum atomic E-state index is 13.0. The Balaban J connectivity index is 1.83. The molecule has 0 aliphatic carbocycles. The average Bonchev–Trinajstić information content (AvgIpc) is 2.38. The van der Waals surface area contributed by atoms with Crippen molar-refractivity contribution in [1.29, 1.82) is 0 Å². The Labute approximate surface area is 128 Å². The van der Waals surface area contributed by atoms with Crippen molar-refractivity contribution in [1.82, 2.24) is 4.90 Å². The first-order valence-electron chi connectivity index (χ1n) is 6.76. The van der Waals surface area contributed by atoms with E-state index in [1.807, 2.05) is 0 Å². The van der Waals surface area contributed by atoms with Crippen LogP contribution in [0.3, 0.4) is 0 Å². The molecule has 21 heavy (non-hydrogen) atoms. The fourth-order valence-corrected chi connectivity index (χ4v) is 3.70. The summed E-state index contributed by atoms with van der Waals surface area (Å²) in [5.41, 5.74) is 0.785. The smallest absolute Gasteiger partial charge is 0.222 e. The van der Waals surface area contributed by atoms with Crippen LogP contribution in [0.25, 0.3) is 0 Å². The predicted octanol–water partition coefficient (Wildman–Crippen LogP) is 2.06. The van der Waals surface area contributed by atoms with Gasteiger partial charge in [-0.3, -0.25) is 4.79 Å². The molecule has 0 atom stereocenters. The van der Waals surface area contributed by atoms with Gasteiger partial charge in [-0.1, -0.05) is 24.6 Å². The number of nitrogens with zero attached hydrogens (tertiary/aromatic N) is 1. The minimum atomic E-state index is -3.06. The van der Waals surface area contributed by atoms with Crippen LogP contribution < -0.4 is 0 Å². The van der Waals surface area contributed by atoms with Gasteiger partial charge in [0.25, 0.3) is 0 Å². The van der Waals surface area contributed by atoms with Crippen LogP contribution in [0.1, 0.15) is 18.9 Å². The zero-order valence-corrected chi connectivity index (χ0v) is 13.3. The molecule has 0 aromatic heterocycles. The number of hydrogen-bond donors (Lipinski definition) is 0. The summed E-state index contributed by atoms with van der Waals surface area (Å²) in [4.78, 5) is 13.5. The van der Waals surface area contributed by atoms with Gasteiger partial charge in [-0.05, 0) is 24.1 Å². The SMILES string of the molecule is CCS(=O)(=O)C1CN(C(=O)CCc2ccc(F)c(Cl)c2)C1. The quantitative estimate of drug-likeness (QED) is 0.828. The first-order chi connectivity index (χ1) is 9.83. The molecule has 2 rings (SSSR count). The van der Waals surface area contributed by atoms with Crippen molar-refractivity contribution >= 4 is 27.3 Å². The van der Waals surface area contributed by atoms with E-state index in [-0.39, 0.29) is 36.2 Å². The van der Waals surface area contributed by atoms with Gasteiger partial charge in [0.05, 0.1) is 10.3 Å². The lowest BCUT2D eigenvalue weighted by atomic mass is 10.1. The number of carbonyl (C=O) groups excluding carboxylic acids is 1. The van der Waals surface area contributed by atoms with E-state index in [9.17, 15) is 17.6 Å². The Morgan fingerprint density at radius 1 is 1.43 bits per heavy atom. The first kappa shape index (κ1) is 16.2. The number of amides is 1. The van der Waals surface area contributed by atoms with Gasteiger partial charge >= 0.3 is 0 Å². The second-order valence-electron chi connectivity index (χ2n) is 5.12. The third kappa shape index (κ3) is 3.74. The largest absolute Gasteiger partial charge is 0.340 e. The van der Waals surface area contributed by atoms with Crippen LogP contribution >= 0.6 is 11.6 Å². The Bertz CT molecular complexity index is 642. The number of carbonyl (C=O) groups is 1. The Morgan fingerprint density at radius 2 is 2.10 bits per heavy atom. The fraction of sp³-hybridized carbons (Fsp3) is 0.500. The zero-order valence-electron chi connectivity index (χ0n) is 11.7. The lowest BCUT2D eigenvalue weighted by Gasteiger charge is -2.38. The summed E-state index contributed by atoms with van der Waals surface area (Å²) in [6, 6.07) is 4.37. The molecule has 0 N–H and O–H groups in total. The summed E-state index contributed by atoms with van der Waals surface area (Å²) in [5, 5.41) is -0.385. The molecule has 1 saturated heterocycles. The fourth-order valence-electron chi connectivity index (χ4n) is 2.21. The van der Waals surface area contributed by atoms with Gasteiger partial charge in [0.1, 0.15) is 5.82 Å². The Morgan fingerprint density at radius 3 is 2.67 bits per heavy atom. The highest BCUT2D eigenvalue weighted by Gasteiger charge is 2.38. The van der Waals surface area contributed by atoms with Gasteiger partial charge in [-0.25, -0.2) is 12.8 Å². The molecule has 0 bridgehead atoms. The second kappa shape index (κ2) is 6.32. The number of halogens is 2. The second-order valence-corrected chi connectivity index (χ2v) is 8.10. The molecule has 0 unspecified atom stereocenters. The molecule has 1 aromatic rings. The van der Waals surface area contributed by atoms with E-state index in [1.165, 1.54) is 12.1 Å². The third-order valence-electron chi connectivity index (χ3n) is 3.72. The van der Waals surface area contributed by atoms with Gasteiger partial charge < -0.3 is 4.90 Å². The number of hydrogen-bond acceptors (Lipinski definition) is 3. The van der Waals surface area contributed by atoms with E-state index in [1.54, 1.807) is 17.9 Å². The maximum absolute atomic E-state index is 13.0. The Hall–Kier alpha value is -1.14. The molecule has 4 nitrogen and oxygen atoms in total. The minimum absolute atomic E-state index is 0.0398. The van der Waals surface area contributed by atoms with E-state index in [0.717, 1.165) is 5.56 Å². The zero-order chi connectivity index (χ0) is 15.6. The van der Waals surface area contributed by atoms with E-state index in [4.69, 9.17) is 11.6 Å². The molecular formula is C14H17ClFNO3S. The predicted molar refractivity (Wildman–Crippen MR) is 79.6 cm³/mol. The molecule has 1 aromatic carbocycles. The first-order valence-corrected chi connectivity index (χ1v) is 8.86. The summed E-state index contributed by atoms with van der Waals surface area (Å²) in [6.45, 7) is 2.16. The van der Waals surface area contributed by atoms with Gasteiger partial charge in [0.15, 0.2) is 9.84 Å². The number of rotatable bonds is 5. The maximum Gasteiger partial charge on any atom is 0.222 e. The Kier molecular flexibility index (Phi) is 4.88. The van der Waals surface area contributed by atoms with Gasteiger partial charge in [-0.2, -0.15) is 0 Å². The highest BCUT2D eigenvalue weighted by Crippen LogP contribution is 2.20. The molecule has 116 valence electrons. The normalized spacial score (nSPS) is 15.9. The number of likely N-dealkylation sites (tertiary alicyclic amines) is 1. The lowest BCUT2D eigenvalue weighted by molar-refractivity contribution is -0.134. The standard InChI is InChI=1S/C14H17ClFNO3S/c1-2-21(19,20)11-8-17(9-11)14(18)6-4-10-3-5-13(16)12(15)7-10/h3,5,7,11H,2,4,6,8-9H2,1H3. The number of aryl methyl sites for hydroxylation is 1. The van der Waals surface area contributed by atoms with Crippen molar-refractivity contribution in [2.75, 3.05) is 18.8 Å². The van der Waals surface area contributed by atoms with Crippen molar-refractivity contribution < 1.29 is 17.6 Å². The van der Waals surface area contributed by atoms with Crippen molar-refractivity contribution in [3.05, 3.63) is 34.6 Å². The molecule has 0 saturated carbocycles. The molecule has 0 radical (unpaired) electrons. The van der Waals surface area contributed by atoms with Gasteiger partial charge in [0, 0.05) is 25.3 Å². The number of sulfone groups is 1. The molecule has 1 amide bonds. The molecule has 1 aliphatic rings. The van der Waals surface area contributed by atoms with Gasteiger partial charge in [-0.15, -0.1) is 0 Å². The van der Waals surface area contributed by atoms with Crippen molar-refractivity contribution in [3.63, 3.8) is 0 Å². The summed E-state index contributed by atoms with van der Waals surface area (Å²) in [5.74, 6) is -0.464. The molecule has 0 spiro atoms. The molecule has 7 heteroatoms.